The zero-order chi connectivity index (χ0) is 28.3. The minimum atomic E-state index is -0.298. The molecule has 1 saturated heterocycles. The Labute approximate surface area is 241 Å². The molecule has 214 valence electrons. The number of para-hydroxylation sites is 2. The molecule has 3 fully saturated rings. The molecule has 2 amide bonds. The molecule has 0 bridgehead atoms. The van der Waals surface area contributed by atoms with E-state index in [0.29, 0.717) is 48.5 Å². The van der Waals surface area contributed by atoms with E-state index in [0.717, 1.165) is 23.8 Å². The monoisotopic (exact) mass is 554 g/mol. The number of nitrogen functional groups attached to an aromatic ring is 1. The van der Waals surface area contributed by atoms with Crippen molar-refractivity contribution in [3.63, 3.8) is 0 Å². The van der Waals surface area contributed by atoms with Gasteiger partial charge < -0.3 is 30.9 Å². The van der Waals surface area contributed by atoms with Crippen LogP contribution in [0.2, 0.25) is 0 Å². The van der Waals surface area contributed by atoms with Gasteiger partial charge in [-0.15, -0.1) is 0 Å². The first-order valence-electron chi connectivity index (χ1n) is 14.6. The number of hydrogen-bond acceptors (Lipinski definition) is 7. The van der Waals surface area contributed by atoms with Crippen LogP contribution in [-0.2, 0) is 11.3 Å². The maximum absolute atomic E-state index is 12.9. The lowest BCUT2D eigenvalue weighted by Gasteiger charge is -2.39. The van der Waals surface area contributed by atoms with Gasteiger partial charge in [-0.3, -0.25) is 4.79 Å². The highest BCUT2D eigenvalue weighted by atomic mass is 16.6. The van der Waals surface area contributed by atoms with Gasteiger partial charge in [-0.1, -0.05) is 36.4 Å². The minimum Gasteiger partial charge on any atom is -0.445 e. The Balaban J connectivity index is 0.954. The maximum atomic E-state index is 12.9. The number of anilines is 3. The number of benzene rings is 2. The quantitative estimate of drug-likeness (QED) is 0.331. The fourth-order valence-corrected chi connectivity index (χ4v) is 5.47. The number of nitrogens with two attached hydrogens (primary N) is 1. The van der Waals surface area contributed by atoms with E-state index in [2.05, 4.69) is 44.8 Å². The fraction of sp³-hybridized carbons (Fsp3) is 0.406. The summed E-state index contributed by atoms with van der Waals surface area (Å²) in [4.78, 5) is 33.9. The Bertz CT molecular complexity index is 1370. The summed E-state index contributed by atoms with van der Waals surface area (Å²) in [5.41, 5.74) is 9.81. The van der Waals surface area contributed by atoms with E-state index in [1.165, 1.54) is 24.8 Å². The normalized spacial score (nSPS) is 21.8. The van der Waals surface area contributed by atoms with Crippen LogP contribution in [-0.4, -0.2) is 60.1 Å². The Morgan fingerprint density at radius 3 is 2.56 bits per heavy atom. The number of carbonyl (C=O) groups excluding carboxylic acids is 2. The Hall–Kier alpha value is -4.11. The highest BCUT2D eigenvalue weighted by Crippen LogP contribution is 2.41. The lowest BCUT2D eigenvalue weighted by molar-refractivity contribution is 0.0794. The Morgan fingerprint density at radius 2 is 1.85 bits per heavy atom. The van der Waals surface area contributed by atoms with Crippen molar-refractivity contribution in [2.45, 2.75) is 50.8 Å². The Kier molecular flexibility index (Phi) is 7.78. The SMILES string of the molecule is CC1CN(c2ccc(C(=O)Nc3ccccc3N)cn2)CCN1C(=O)OCc1ccc(C2CC2NCC2CC2)cc1. The van der Waals surface area contributed by atoms with Gasteiger partial charge in [0.25, 0.3) is 5.91 Å². The van der Waals surface area contributed by atoms with Gasteiger partial charge in [-0.05, 0) is 74.0 Å². The van der Waals surface area contributed by atoms with E-state index in [-0.39, 0.29) is 24.6 Å². The van der Waals surface area contributed by atoms with Gasteiger partial charge in [-0.25, -0.2) is 9.78 Å². The predicted octanol–water partition coefficient (Wildman–Crippen LogP) is 4.62. The molecule has 6 rings (SSSR count). The van der Waals surface area contributed by atoms with Crippen LogP contribution in [0.4, 0.5) is 22.0 Å². The lowest BCUT2D eigenvalue weighted by Crippen LogP contribution is -2.54. The first-order valence-corrected chi connectivity index (χ1v) is 14.6. The van der Waals surface area contributed by atoms with Crippen LogP contribution in [0.5, 0.6) is 0 Å². The molecule has 4 N–H and O–H groups in total. The molecule has 3 atom stereocenters. The van der Waals surface area contributed by atoms with Crippen LogP contribution >= 0.6 is 0 Å². The van der Waals surface area contributed by atoms with Crippen LogP contribution in [0.25, 0.3) is 0 Å². The fourth-order valence-electron chi connectivity index (χ4n) is 5.47. The number of aromatic nitrogens is 1. The molecule has 0 radical (unpaired) electrons. The number of piperazine rings is 1. The summed E-state index contributed by atoms with van der Waals surface area (Å²) in [6.45, 7) is 5.23. The summed E-state index contributed by atoms with van der Waals surface area (Å²) in [6, 6.07) is 19.8. The highest BCUT2D eigenvalue weighted by Gasteiger charge is 2.39. The number of nitrogens with zero attached hydrogens (tertiary/aromatic N) is 3. The van der Waals surface area contributed by atoms with Gasteiger partial charge in [0.1, 0.15) is 12.4 Å². The molecular weight excluding hydrogens is 516 g/mol. The van der Waals surface area contributed by atoms with Crippen molar-refractivity contribution in [3.05, 3.63) is 83.6 Å². The van der Waals surface area contributed by atoms with Crippen LogP contribution in [0.1, 0.15) is 53.6 Å². The van der Waals surface area contributed by atoms with Gasteiger partial charge in [0.2, 0.25) is 0 Å². The molecule has 41 heavy (non-hydrogen) atoms. The summed E-state index contributed by atoms with van der Waals surface area (Å²) in [5.74, 6) is 2.01. The van der Waals surface area contributed by atoms with Gasteiger partial charge in [0.05, 0.1) is 16.9 Å². The second-order valence-electron chi connectivity index (χ2n) is 11.5. The van der Waals surface area contributed by atoms with Crippen molar-refractivity contribution in [2.24, 2.45) is 5.92 Å². The van der Waals surface area contributed by atoms with Crippen LogP contribution < -0.4 is 21.3 Å². The van der Waals surface area contributed by atoms with E-state index in [1.807, 2.05) is 25.1 Å². The molecular formula is C32H38N6O3. The zero-order valence-corrected chi connectivity index (χ0v) is 23.5. The molecule has 0 spiro atoms. The second kappa shape index (κ2) is 11.8. The molecule has 1 aliphatic heterocycles. The van der Waals surface area contributed by atoms with Crippen LogP contribution in [0.3, 0.4) is 0 Å². The van der Waals surface area contributed by atoms with Crippen LogP contribution in [0, 0.1) is 5.92 Å². The van der Waals surface area contributed by atoms with E-state index in [1.54, 1.807) is 29.3 Å². The molecule has 3 aromatic rings. The topological polar surface area (TPSA) is 113 Å². The van der Waals surface area contributed by atoms with E-state index in [9.17, 15) is 9.59 Å². The molecule has 3 aliphatic rings. The van der Waals surface area contributed by atoms with E-state index in [4.69, 9.17) is 10.5 Å². The second-order valence-corrected chi connectivity index (χ2v) is 11.5. The largest absolute Gasteiger partial charge is 0.445 e. The van der Waals surface area contributed by atoms with E-state index < -0.39 is 0 Å². The molecule has 1 aromatic heterocycles. The van der Waals surface area contributed by atoms with Gasteiger partial charge in [-0.2, -0.15) is 0 Å². The summed E-state index contributed by atoms with van der Waals surface area (Å²) in [7, 11) is 0. The number of pyridine rings is 1. The van der Waals surface area contributed by atoms with Crippen molar-refractivity contribution >= 4 is 29.2 Å². The van der Waals surface area contributed by atoms with Crippen molar-refractivity contribution in [1.29, 1.82) is 0 Å². The highest BCUT2D eigenvalue weighted by molar-refractivity contribution is 6.05. The summed E-state index contributed by atoms with van der Waals surface area (Å²) in [6.07, 6.45) is 5.24. The van der Waals surface area contributed by atoms with Gasteiger partial charge >= 0.3 is 6.09 Å². The smallest absolute Gasteiger partial charge is 0.410 e. The summed E-state index contributed by atoms with van der Waals surface area (Å²) in [5, 5.41) is 6.51. The third-order valence-electron chi connectivity index (χ3n) is 8.33. The van der Waals surface area contributed by atoms with Crippen molar-refractivity contribution in [1.82, 2.24) is 15.2 Å². The summed E-state index contributed by atoms with van der Waals surface area (Å²) < 4.78 is 5.67. The first-order chi connectivity index (χ1) is 19.9. The molecule has 9 heteroatoms. The lowest BCUT2D eigenvalue weighted by atomic mass is 10.1. The maximum Gasteiger partial charge on any atom is 0.410 e. The number of nitrogens with one attached hydrogen (secondary N) is 2. The average molecular weight is 555 g/mol. The van der Waals surface area contributed by atoms with Crippen molar-refractivity contribution in [3.8, 4) is 0 Å². The molecule has 2 aliphatic carbocycles. The first kappa shape index (κ1) is 27.1. The molecule has 2 saturated carbocycles. The van der Waals surface area contributed by atoms with Crippen molar-refractivity contribution < 1.29 is 14.3 Å². The third kappa shape index (κ3) is 6.62. The molecule has 9 nitrogen and oxygen atoms in total. The number of ether oxygens (including phenoxy) is 1. The van der Waals surface area contributed by atoms with Crippen molar-refractivity contribution in [2.75, 3.05) is 42.1 Å². The number of rotatable bonds is 9. The zero-order valence-electron chi connectivity index (χ0n) is 23.5. The van der Waals surface area contributed by atoms with E-state index >= 15 is 0 Å². The van der Waals surface area contributed by atoms with Crippen LogP contribution in [0.15, 0.2) is 66.9 Å². The Morgan fingerprint density at radius 1 is 1.05 bits per heavy atom. The molecule has 2 heterocycles. The molecule has 2 aromatic carbocycles. The molecule has 3 unspecified atom stereocenters. The minimum absolute atomic E-state index is 0.0422. The number of carbonyl (C=O) groups is 2. The third-order valence-corrected chi connectivity index (χ3v) is 8.33. The van der Waals surface area contributed by atoms with Gasteiger partial charge in [0, 0.05) is 43.8 Å². The number of hydrogen-bond donors (Lipinski definition) is 3. The summed E-state index contributed by atoms with van der Waals surface area (Å²) >= 11 is 0. The predicted molar refractivity (Wildman–Crippen MR) is 160 cm³/mol. The average Bonchev–Trinajstić information content (AvgIpc) is 3.92. The number of amides is 2. The van der Waals surface area contributed by atoms with Gasteiger partial charge in [0.15, 0.2) is 0 Å². The standard InChI is InChI=1S/C32H38N6O3/c1-21-19-37(30-13-12-25(18-35-30)31(39)36-28-5-3-2-4-27(28)33)14-15-38(21)32(40)41-20-23-8-10-24(11-9-23)26-16-29(26)34-17-22-6-7-22/h2-5,8-13,18,21-22,26,29,34H,6-7,14-17,19-20,33H2,1H3,(H,36,39).